The summed E-state index contributed by atoms with van der Waals surface area (Å²) in [7, 11) is 0. The van der Waals surface area contributed by atoms with Crippen LogP contribution < -0.4 is 0 Å². The van der Waals surface area contributed by atoms with E-state index in [-0.39, 0.29) is 40.7 Å². The summed E-state index contributed by atoms with van der Waals surface area (Å²) in [6, 6.07) is 32.5. The topological polar surface area (TPSA) is 0 Å². The summed E-state index contributed by atoms with van der Waals surface area (Å²) < 4.78 is 87.0. The lowest BCUT2D eigenvalue weighted by atomic mass is 9.68. The van der Waals surface area contributed by atoms with E-state index in [0.717, 1.165) is 38.4 Å². The molecule has 0 saturated heterocycles. The molecule has 0 heterocycles. The number of hydrogen-bond donors (Lipinski definition) is 0. The number of benzene rings is 9. The molecule has 9 aromatic carbocycles. The molecule has 10 rings (SSSR count). The summed E-state index contributed by atoms with van der Waals surface area (Å²) in [5.41, 5.74) is 7.26. The molecule has 9 aromatic rings. The van der Waals surface area contributed by atoms with E-state index in [1.54, 1.807) is 6.07 Å². The lowest BCUT2D eigenvalue weighted by Gasteiger charge is -2.35. The highest BCUT2D eigenvalue weighted by Gasteiger charge is 2.33. The molecule has 0 fully saturated rings. The smallest absolute Gasteiger partial charge is 0.0622 e. The van der Waals surface area contributed by atoms with Gasteiger partial charge in [0.2, 0.25) is 0 Å². The normalized spacial score (nSPS) is 16.1. The Kier molecular flexibility index (Phi) is 4.24. The van der Waals surface area contributed by atoms with E-state index in [1.807, 2.05) is 48.5 Å². The SMILES string of the molecule is [2H]c1c([2H])c([2H])c(-c2cccc3c2ccc2c(-c4c([2H])c([2H])c([2H])c([2H])c4[2H])c4ccccc4c(-c4ccc5c(c4)-c4cccc6cccc(c46)C5(C)C)c23)c([2H])c1[2H]. The molecule has 0 amide bonds. The average molecular weight is 633 g/mol. The van der Waals surface area contributed by atoms with Gasteiger partial charge in [-0.05, 0) is 105 Å². The van der Waals surface area contributed by atoms with Crippen molar-refractivity contribution in [1.29, 1.82) is 0 Å². The van der Waals surface area contributed by atoms with Crippen LogP contribution in [-0.4, -0.2) is 0 Å². The van der Waals surface area contributed by atoms with Gasteiger partial charge in [-0.25, -0.2) is 0 Å². The van der Waals surface area contributed by atoms with Gasteiger partial charge in [0.1, 0.15) is 0 Å². The molecule has 0 radical (unpaired) electrons. The summed E-state index contributed by atoms with van der Waals surface area (Å²) in [4.78, 5) is 0. The van der Waals surface area contributed by atoms with Crippen LogP contribution in [0.2, 0.25) is 0 Å². The second-order valence-electron chi connectivity index (χ2n) is 13.3. The zero-order valence-electron chi connectivity index (χ0n) is 36.9. The Balaban J connectivity index is 1.41. The Morgan fingerprint density at radius 2 is 1.04 bits per heavy atom. The van der Waals surface area contributed by atoms with Crippen LogP contribution in [0.25, 0.3) is 87.6 Å². The Bertz CT molecular complexity index is 3300. The fourth-order valence-electron chi connectivity index (χ4n) is 8.28. The van der Waals surface area contributed by atoms with Crippen LogP contribution in [0.15, 0.2) is 170 Å². The fourth-order valence-corrected chi connectivity index (χ4v) is 8.28. The minimum atomic E-state index is -0.476. The fraction of sp³-hybridized carbons (Fsp3) is 0.0612. The van der Waals surface area contributed by atoms with Gasteiger partial charge in [0, 0.05) is 5.41 Å². The van der Waals surface area contributed by atoms with E-state index in [0.29, 0.717) is 32.7 Å². The van der Waals surface area contributed by atoms with E-state index < -0.39 is 36.3 Å². The van der Waals surface area contributed by atoms with Gasteiger partial charge in [-0.3, -0.25) is 0 Å². The van der Waals surface area contributed by atoms with Crippen molar-refractivity contribution in [3.8, 4) is 44.5 Å². The predicted octanol–water partition coefficient (Wildman–Crippen LogP) is 13.6. The Labute approximate surface area is 301 Å². The first-order chi connectivity index (χ1) is 28.2. The Hall–Kier alpha value is -5.98. The Morgan fingerprint density at radius 1 is 0.408 bits per heavy atom. The third-order valence-corrected chi connectivity index (χ3v) is 10.4. The molecule has 0 bridgehead atoms. The molecule has 49 heavy (non-hydrogen) atoms. The first kappa shape index (κ1) is 19.7. The molecule has 1 aliphatic carbocycles. The van der Waals surface area contributed by atoms with E-state index >= 15 is 0 Å². The van der Waals surface area contributed by atoms with Gasteiger partial charge >= 0.3 is 0 Å². The van der Waals surface area contributed by atoms with Crippen molar-refractivity contribution in [1.82, 2.24) is 0 Å². The van der Waals surface area contributed by atoms with Crippen molar-refractivity contribution < 1.29 is 13.7 Å². The first-order valence-electron chi connectivity index (χ1n) is 21.5. The summed E-state index contributed by atoms with van der Waals surface area (Å²) in [6.07, 6.45) is 0. The zero-order chi connectivity index (χ0) is 41.4. The number of hydrogen-bond acceptors (Lipinski definition) is 0. The van der Waals surface area contributed by atoms with E-state index in [2.05, 4.69) is 68.4 Å². The summed E-state index contributed by atoms with van der Waals surface area (Å²) in [5.74, 6) is 0. The average Bonchev–Trinajstić information content (AvgIpc) is 3.25. The summed E-state index contributed by atoms with van der Waals surface area (Å²) >= 11 is 0. The minimum Gasteiger partial charge on any atom is -0.0622 e. The van der Waals surface area contributed by atoms with Crippen LogP contribution in [0.1, 0.15) is 38.7 Å². The van der Waals surface area contributed by atoms with E-state index in [4.69, 9.17) is 13.7 Å². The second-order valence-corrected chi connectivity index (χ2v) is 13.3. The summed E-state index contributed by atoms with van der Waals surface area (Å²) in [5, 5.41) is 6.63. The largest absolute Gasteiger partial charge is 0.0629 e. The molecular formula is C49H34. The standard InChI is InChI=1S/C49H34/c1-49(2)43-29-26-34(30-42(43)40-23-11-18-33-19-12-25-44(49)46(33)40)47-39-21-10-9-20-38(39)45(32-16-7-4-8-17-32)41-28-27-36-35(31-14-5-3-6-15-31)22-13-24-37(36)48(41)47/h3-30H,1-2H3/i3D,4D,5D,6D,7D,8D,14D,15D,16D,17D. The van der Waals surface area contributed by atoms with Gasteiger partial charge < -0.3 is 0 Å². The lowest BCUT2D eigenvalue weighted by molar-refractivity contribution is 0.645. The maximum absolute atomic E-state index is 9.15. The highest BCUT2D eigenvalue weighted by molar-refractivity contribution is 6.29. The maximum Gasteiger partial charge on any atom is 0.0629 e. The van der Waals surface area contributed by atoms with Gasteiger partial charge in [0.25, 0.3) is 0 Å². The summed E-state index contributed by atoms with van der Waals surface area (Å²) in [6.45, 7) is 4.51. The third-order valence-electron chi connectivity index (χ3n) is 10.4. The third kappa shape index (κ3) is 4.04. The van der Waals surface area contributed by atoms with Crippen molar-refractivity contribution in [2.45, 2.75) is 19.3 Å². The van der Waals surface area contributed by atoms with Crippen molar-refractivity contribution in [2.24, 2.45) is 0 Å². The number of rotatable bonds is 3. The molecule has 0 aromatic heterocycles. The predicted molar refractivity (Wildman–Crippen MR) is 210 cm³/mol. The van der Waals surface area contributed by atoms with Crippen LogP contribution in [0, 0.1) is 0 Å². The molecular weight excluding hydrogens is 589 g/mol. The van der Waals surface area contributed by atoms with Crippen LogP contribution in [0.5, 0.6) is 0 Å². The molecule has 0 saturated carbocycles. The monoisotopic (exact) mass is 632 g/mol. The molecule has 0 N–H and O–H groups in total. The van der Waals surface area contributed by atoms with Gasteiger partial charge in [-0.15, -0.1) is 0 Å². The Morgan fingerprint density at radius 3 is 1.82 bits per heavy atom. The minimum absolute atomic E-state index is 0.0805. The molecule has 0 heteroatoms. The molecule has 0 nitrogen and oxygen atoms in total. The maximum atomic E-state index is 9.15. The first-order valence-corrected chi connectivity index (χ1v) is 16.5. The zero-order valence-corrected chi connectivity index (χ0v) is 26.9. The highest BCUT2D eigenvalue weighted by atomic mass is 14.4. The lowest BCUT2D eigenvalue weighted by Crippen LogP contribution is -2.23. The van der Waals surface area contributed by atoms with Crippen molar-refractivity contribution in [3.63, 3.8) is 0 Å². The van der Waals surface area contributed by atoms with E-state index in [1.165, 1.54) is 16.5 Å². The molecule has 0 aliphatic heterocycles. The molecule has 1 aliphatic rings. The van der Waals surface area contributed by atoms with Gasteiger partial charge in [0.05, 0.1) is 13.7 Å². The van der Waals surface area contributed by atoms with Crippen LogP contribution in [-0.2, 0) is 5.41 Å². The van der Waals surface area contributed by atoms with Crippen LogP contribution >= 0.6 is 0 Å². The highest BCUT2D eigenvalue weighted by Crippen LogP contribution is 2.52. The van der Waals surface area contributed by atoms with Gasteiger partial charge in [0.15, 0.2) is 0 Å². The molecule has 0 unspecified atom stereocenters. The van der Waals surface area contributed by atoms with Crippen molar-refractivity contribution in [3.05, 3.63) is 181 Å². The van der Waals surface area contributed by atoms with E-state index in [9.17, 15) is 0 Å². The van der Waals surface area contributed by atoms with Crippen LogP contribution in [0.3, 0.4) is 0 Å². The van der Waals surface area contributed by atoms with Crippen LogP contribution in [0.4, 0.5) is 0 Å². The molecule has 0 spiro atoms. The number of fused-ring (bicyclic) bond motifs is 6. The molecule has 230 valence electrons. The quantitative estimate of drug-likeness (QED) is 0.134. The van der Waals surface area contributed by atoms with Crippen molar-refractivity contribution in [2.75, 3.05) is 0 Å². The second kappa shape index (κ2) is 10.5. The van der Waals surface area contributed by atoms with Crippen molar-refractivity contribution >= 4 is 43.1 Å². The van der Waals surface area contributed by atoms with Gasteiger partial charge in [-0.2, -0.15) is 0 Å². The van der Waals surface area contributed by atoms with Gasteiger partial charge in [-0.1, -0.05) is 177 Å². The molecule has 0 atom stereocenters.